The Bertz CT molecular complexity index is 726. The summed E-state index contributed by atoms with van der Waals surface area (Å²) in [6.45, 7) is 0.811. The summed E-state index contributed by atoms with van der Waals surface area (Å²) in [6, 6.07) is 12.1. The van der Waals surface area contributed by atoms with E-state index in [9.17, 15) is 18.0 Å². The fourth-order valence-corrected chi connectivity index (χ4v) is 2.66. The van der Waals surface area contributed by atoms with Crippen LogP contribution < -0.4 is 5.32 Å². The minimum Gasteiger partial charge on any atom is -0.371 e. The molecule has 0 fully saturated rings. The molecule has 1 unspecified atom stereocenters. The lowest BCUT2D eigenvalue weighted by molar-refractivity contribution is -0.137. The fourth-order valence-electron chi connectivity index (χ4n) is 2.66. The zero-order chi connectivity index (χ0) is 17.2. The van der Waals surface area contributed by atoms with Gasteiger partial charge in [0.25, 0.3) is 5.91 Å². The number of amides is 1. The van der Waals surface area contributed by atoms with Gasteiger partial charge in [0, 0.05) is 18.5 Å². The van der Waals surface area contributed by atoms with Crippen LogP contribution in [0.3, 0.4) is 0 Å². The Morgan fingerprint density at radius 1 is 1.08 bits per heavy atom. The van der Waals surface area contributed by atoms with Gasteiger partial charge in [0.2, 0.25) is 0 Å². The highest BCUT2D eigenvalue weighted by molar-refractivity contribution is 5.94. The number of halogens is 3. The Balaban J connectivity index is 1.56. The zero-order valence-electron chi connectivity index (χ0n) is 12.8. The van der Waals surface area contributed by atoms with E-state index in [-0.39, 0.29) is 11.7 Å². The number of hydrogen-bond donors (Lipinski definition) is 1. The molecule has 1 aliphatic rings. The molecule has 0 saturated heterocycles. The summed E-state index contributed by atoms with van der Waals surface area (Å²) in [4.78, 5) is 12.0. The third-order valence-electron chi connectivity index (χ3n) is 4.01. The largest absolute Gasteiger partial charge is 0.416 e. The monoisotopic (exact) mass is 335 g/mol. The van der Waals surface area contributed by atoms with E-state index in [0.717, 1.165) is 17.7 Å². The van der Waals surface area contributed by atoms with Crippen molar-refractivity contribution in [2.24, 2.45) is 0 Å². The Labute approximate surface area is 137 Å². The lowest BCUT2D eigenvalue weighted by atomic mass is 9.99. The second-order valence-corrected chi connectivity index (χ2v) is 5.69. The summed E-state index contributed by atoms with van der Waals surface area (Å²) in [7, 11) is 0. The predicted octanol–water partition coefficient (Wildman–Crippen LogP) is 3.58. The molecule has 1 heterocycles. The first-order chi connectivity index (χ1) is 11.4. The van der Waals surface area contributed by atoms with Crippen LogP contribution in [0.2, 0.25) is 0 Å². The first-order valence-electron chi connectivity index (χ1n) is 7.57. The first kappa shape index (κ1) is 16.5. The van der Waals surface area contributed by atoms with Crippen molar-refractivity contribution >= 4 is 5.91 Å². The highest BCUT2D eigenvalue weighted by atomic mass is 19.4. The molecule has 0 aromatic heterocycles. The van der Waals surface area contributed by atoms with Crippen molar-refractivity contribution in [1.29, 1.82) is 0 Å². The molecule has 1 atom stereocenters. The SMILES string of the molecule is O=C(NCC1Cc2ccccc2CO1)c1ccc(C(F)(F)F)cc1. The van der Waals surface area contributed by atoms with Gasteiger partial charge in [-0.05, 0) is 35.4 Å². The van der Waals surface area contributed by atoms with Crippen LogP contribution in [0.1, 0.15) is 27.0 Å². The lowest BCUT2D eigenvalue weighted by Crippen LogP contribution is -2.36. The molecule has 1 aliphatic heterocycles. The molecule has 1 amide bonds. The Hall–Kier alpha value is -2.34. The zero-order valence-corrected chi connectivity index (χ0v) is 12.8. The third-order valence-corrected chi connectivity index (χ3v) is 4.01. The normalized spacial score (nSPS) is 17.2. The van der Waals surface area contributed by atoms with Gasteiger partial charge in [0.15, 0.2) is 0 Å². The average molecular weight is 335 g/mol. The summed E-state index contributed by atoms with van der Waals surface area (Å²) in [6.07, 6.45) is -3.85. The van der Waals surface area contributed by atoms with E-state index in [1.165, 1.54) is 17.7 Å². The number of nitrogens with one attached hydrogen (secondary N) is 1. The number of fused-ring (bicyclic) bond motifs is 1. The number of ether oxygens (including phenoxy) is 1. The van der Waals surface area contributed by atoms with E-state index in [0.29, 0.717) is 19.6 Å². The van der Waals surface area contributed by atoms with Crippen molar-refractivity contribution in [2.75, 3.05) is 6.54 Å². The number of benzene rings is 2. The standard InChI is InChI=1S/C18H16F3NO2/c19-18(20,21)15-7-5-12(6-8-15)17(23)22-10-16-9-13-3-1-2-4-14(13)11-24-16/h1-8,16H,9-11H2,(H,22,23). The molecule has 24 heavy (non-hydrogen) atoms. The highest BCUT2D eigenvalue weighted by Gasteiger charge is 2.30. The summed E-state index contributed by atoms with van der Waals surface area (Å²) in [5, 5.41) is 2.71. The smallest absolute Gasteiger partial charge is 0.371 e. The van der Waals surface area contributed by atoms with Crippen LogP contribution in [-0.4, -0.2) is 18.6 Å². The van der Waals surface area contributed by atoms with Crippen LogP contribution in [0.5, 0.6) is 0 Å². The molecule has 0 bridgehead atoms. The Morgan fingerprint density at radius 3 is 2.42 bits per heavy atom. The molecule has 2 aromatic rings. The maximum atomic E-state index is 12.5. The van der Waals surface area contributed by atoms with Crippen molar-refractivity contribution in [3.63, 3.8) is 0 Å². The van der Waals surface area contributed by atoms with Crippen LogP contribution >= 0.6 is 0 Å². The van der Waals surface area contributed by atoms with E-state index in [2.05, 4.69) is 5.32 Å². The molecular weight excluding hydrogens is 319 g/mol. The first-order valence-corrected chi connectivity index (χ1v) is 7.57. The molecule has 6 heteroatoms. The number of carbonyl (C=O) groups excluding carboxylic acids is 1. The topological polar surface area (TPSA) is 38.3 Å². The van der Waals surface area contributed by atoms with E-state index < -0.39 is 17.6 Å². The number of rotatable bonds is 3. The van der Waals surface area contributed by atoms with Crippen LogP contribution in [-0.2, 0) is 23.9 Å². The van der Waals surface area contributed by atoms with Crippen LogP contribution in [0.15, 0.2) is 48.5 Å². The quantitative estimate of drug-likeness (QED) is 0.931. The number of hydrogen-bond acceptors (Lipinski definition) is 2. The van der Waals surface area contributed by atoms with Crippen LogP contribution in [0.4, 0.5) is 13.2 Å². The van der Waals surface area contributed by atoms with Gasteiger partial charge in [0.1, 0.15) is 0 Å². The summed E-state index contributed by atoms with van der Waals surface area (Å²) < 4.78 is 43.2. The number of carbonyl (C=O) groups is 1. The highest BCUT2D eigenvalue weighted by Crippen LogP contribution is 2.29. The second-order valence-electron chi connectivity index (χ2n) is 5.69. The molecule has 3 rings (SSSR count). The maximum absolute atomic E-state index is 12.5. The molecule has 3 nitrogen and oxygen atoms in total. The van der Waals surface area contributed by atoms with Gasteiger partial charge in [-0.3, -0.25) is 4.79 Å². The van der Waals surface area contributed by atoms with Gasteiger partial charge in [0.05, 0.1) is 18.3 Å². The van der Waals surface area contributed by atoms with Gasteiger partial charge < -0.3 is 10.1 Å². The third kappa shape index (κ3) is 3.76. The van der Waals surface area contributed by atoms with E-state index >= 15 is 0 Å². The lowest BCUT2D eigenvalue weighted by Gasteiger charge is -2.25. The minimum absolute atomic E-state index is 0.140. The fraction of sp³-hybridized carbons (Fsp3) is 0.278. The second kappa shape index (κ2) is 6.65. The van der Waals surface area contributed by atoms with Crippen molar-refractivity contribution < 1.29 is 22.7 Å². The van der Waals surface area contributed by atoms with Crippen LogP contribution in [0.25, 0.3) is 0 Å². The maximum Gasteiger partial charge on any atom is 0.416 e. The van der Waals surface area contributed by atoms with E-state index in [1.807, 2.05) is 24.3 Å². The molecule has 0 aliphatic carbocycles. The summed E-state index contributed by atoms with van der Waals surface area (Å²) in [5.41, 5.74) is 1.76. The van der Waals surface area contributed by atoms with Crippen molar-refractivity contribution in [1.82, 2.24) is 5.32 Å². The van der Waals surface area contributed by atoms with E-state index in [4.69, 9.17) is 4.74 Å². The number of alkyl halides is 3. The Kier molecular flexibility index (Phi) is 4.57. The molecule has 1 N–H and O–H groups in total. The summed E-state index contributed by atoms with van der Waals surface area (Å²) >= 11 is 0. The van der Waals surface area contributed by atoms with Crippen LogP contribution in [0, 0.1) is 0 Å². The van der Waals surface area contributed by atoms with E-state index in [1.54, 1.807) is 0 Å². The molecular formula is C18H16F3NO2. The predicted molar refractivity (Wildman–Crippen MR) is 82.5 cm³/mol. The molecule has 2 aromatic carbocycles. The van der Waals surface area contributed by atoms with Crippen molar-refractivity contribution in [3.05, 3.63) is 70.8 Å². The summed E-state index contributed by atoms with van der Waals surface area (Å²) in [5.74, 6) is -0.411. The van der Waals surface area contributed by atoms with Gasteiger partial charge >= 0.3 is 6.18 Å². The van der Waals surface area contributed by atoms with Crippen molar-refractivity contribution in [3.8, 4) is 0 Å². The van der Waals surface area contributed by atoms with Gasteiger partial charge in [-0.25, -0.2) is 0 Å². The molecule has 126 valence electrons. The van der Waals surface area contributed by atoms with Crippen molar-refractivity contribution in [2.45, 2.75) is 25.3 Å². The van der Waals surface area contributed by atoms with Gasteiger partial charge in [-0.15, -0.1) is 0 Å². The van der Waals surface area contributed by atoms with Gasteiger partial charge in [-0.2, -0.15) is 13.2 Å². The Morgan fingerprint density at radius 2 is 1.75 bits per heavy atom. The molecule has 0 radical (unpaired) electrons. The molecule has 0 spiro atoms. The minimum atomic E-state index is -4.40. The van der Waals surface area contributed by atoms with Gasteiger partial charge in [-0.1, -0.05) is 24.3 Å². The average Bonchev–Trinajstić information content (AvgIpc) is 2.59. The molecule has 0 saturated carbocycles.